The minimum atomic E-state index is -0.816. The van der Waals surface area contributed by atoms with E-state index in [4.69, 9.17) is 26.2 Å². The first-order chi connectivity index (χ1) is 8.91. The average molecular weight is 285 g/mol. The lowest BCUT2D eigenvalue weighted by Gasteiger charge is -2.17. The highest BCUT2D eigenvalue weighted by Gasteiger charge is 2.27. The predicted octanol–water partition coefficient (Wildman–Crippen LogP) is 3.46. The number of hydrogen-bond acceptors (Lipinski definition) is 3. The Morgan fingerprint density at radius 2 is 2.00 bits per heavy atom. The van der Waals surface area contributed by atoms with Gasteiger partial charge < -0.3 is 14.6 Å². The van der Waals surface area contributed by atoms with E-state index in [1.165, 1.54) is 0 Å². The van der Waals surface area contributed by atoms with E-state index in [0.29, 0.717) is 22.9 Å². The van der Waals surface area contributed by atoms with Crippen LogP contribution in [0.1, 0.15) is 37.8 Å². The third-order valence-electron chi connectivity index (χ3n) is 3.25. The molecule has 1 N–H and O–H groups in total. The molecule has 1 heterocycles. The summed E-state index contributed by atoms with van der Waals surface area (Å²) in [6.45, 7) is 5.93. The van der Waals surface area contributed by atoms with E-state index in [1.54, 1.807) is 13.0 Å². The summed E-state index contributed by atoms with van der Waals surface area (Å²) in [6.07, 6.45) is 0.430. The Morgan fingerprint density at radius 3 is 2.58 bits per heavy atom. The molecule has 5 heteroatoms. The van der Waals surface area contributed by atoms with Gasteiger partial charge in [0.25, 0.3) is 0 Å². The normalized spacial score (nSPS) is 14.8. The van der Waals surface area contributed by atoms with Gasteiger partial charge in [-0.2, -0.15) is 0 Å². The number of ether oxygens (including phenoxy) is 2. The van der Waals surface area contributed by atoms with Gasteiger partial charge in [-0.3, -0.25) is 4.79 Å². The average Bonchev–Trinajstić information content (AvgIpc) is 2.77. The Morgan fingerprint density at radius 1 is 1.37 bits per heavy atom. The number of hydrogen-bond donors (Lipinski definition) is 1. The maximum absolute atomic E-state index is 11.0. The van der Waals surface area contributed by atoms with Crippen molar-refractivity contribution in [1.29, 1.82) is 0 Å². The Balaban J connectivity index is 2.48. The highest BCUT2D eigenvalue weighted by atomic mass is 35.5. The predicted molar refractivity (Wildman–Crippen MR) is 72.2 cm³/mol. The van der Waals surface area contributed by atoms with Crippen molar-refractivity contribution in [3.05, 3.63) is 22.2 Å². The number of carboxylic acid groups (broad SMARTS) is 1. The summed E-state index contributed by atoms with van der Waals surface area (Å²) >= 11 is 6.16. The van der Waals surface area contributed by atoms with Gasteiger partial charge in [0.1, 0.15) is 0 Å². The Bertz CT molecular complexity index is 511. The quantitative estimate of drug-likeness (QED) is 0.920. The molecule has 104 valence electrons. The molecule has 1 atom stereocenters. The second-order valence-corrected chi connectivity index (χ2v) is 5.50. The lowest BCUT2D eigenvalue weighted by Crippen LogP contribution is -2.14. The third-order valence-corrected chi connectivity index (χ3v) is 3.53. The Hall–Kier alpha value is -1.42. The van der Waals surface area contributed by atoms with E-state index in [9.17, 15) is 4.79 Å². The maximum atomic E-state index is 11.0. The summed E-state index contributed by atoms with van der Waals surface area (Å²) < 4.78 is 10.9. The van der Waals surface area contributed by atoms with Crippen LogP contribution in [0.4, 0.5) is 0 Å². The van der Waals surface area contributed by atoms with Crippen LogP contribution in [0.3, 0.4) is 0 Å². The van der Waals surface area contributed by atoms with Crippen molar-refractivity contribution in [2.24, 2.45) is 5.92 Å². The molecule has 1 aliphatic rings. The van der Waals surface area contributed by atoms with Crippen LogP contribution < -0.4 is 9.47 Å². The van der Waals surface area contributed by atoms with Crippen LogP contribution in [-0.4, -0.2) is 17.9 Å². The molecule has 0 radical (unpaired) electrons. The summed E-state index contributed by atoms with van der Waals surface area (Å²) in [5.74, 6) is 0.160. The molecule has 4 nitrogen and oxygen atoms in total. The summed E-state index contributed by atoms with van der Waals surface area (Å²) in [4.78, 5) is 11.0. The zero-order chi connectivity index (χ0) is 14.2. The molecule has 1 aromatic rings. The smallest absolute Gasteiger partial charge is 0.306 e. The van der Waals surface area contributed by atoms with E-state index in [1.807, 2.05) is 13.8 Å². The number of carbonyl (C=O) groups is 1. The second kappa shape index (κ2) is 5.29. The van der Waals surface area contributed by atoms with Crippen molar-refractivity contribution < 1.29 is 19.4 Å². The molecule has 0 fully saturated rings. The highest BCUT2D eigenvalue weighted by Crippen LogP contribution is 2.46. The third kappa shape index (κ3) is 2.63. The molecule has 2 rings (SSSR count). The fourth-order valence-corrected chi connectivity index (χ4v) is 2.59. The van der Waals surface area contributed by atoms with Gasteiger partial charge in [0.15, 0.2) is 11.5 Å². The lowest BCUT2D eigenvalue weighted by atomic mass is 9.90. The van der Waals surface area contributed by atoms with Crippen LogP contribution in [0.2, 0.25) is 5.02 Å². The molecule has 0 aliphatic carbocycles. The van der Waals surface area contributed by atoms with Crippen molar-refractivity contribution in [3.8, 4) is 11.5 Å². The zero-order valence-corrected chi connectivity index (χ0v) is 12.0. The number of carboxylic acids is 1. The van der Waals surface area contributed by atoms with E-state index in [-0.39, 0.29) is 12.7 Å². The van der Waals surface area contributed by atoms with Crippen molar-refractivity contribution in [1.82, 2.24) is 0 Å². The Labute approximate surface area is 117 Å². The van der Waals surface area contributed by atoms with Gasteiger partial charge in [-0.1, -0.05) is 32.4 Å². The van der Waals surface area contributed by atoms with Crippen molar-refractivity contribution in [3.63, 3.8) is 0 Å². The largest absolute Gasteiger partial charge is 0.481 e. The van der Waals surface area contributed by atoms with Gasteiger partial charge in [-0.25, -0.2) is 0 Å². The molecule has 0 saturated carbocycles. The minimum absolute atomic E-state index is 0.159. The number of benzene rings is 1. The molecule has 0 amide bonds. The van der Waals surface area contributed by atoms with Crippen LogP contribution in [0.15, 0.2) is 6.07 Å². The molecule has 1 aromatic carbocycles. The van der Waals surface area contributed by atoms with E-state index >= 15 is 0 Å². The van der Waals surface area contributed by atoms with Gasteiger partial charge in [-0.05, 0) is 24.0 Å². The monoisotopic (exact) mass is 284 g/mol. The van der Waals surface area contributed by atoms with E-state index < -0.39 is 11.9 Å². The van der Waals surface area contributed by atoms with Crippen molar-refractivity contribution in [2.45, 2.75) is 33.1 Å². The summed E-state index contributed by atoms with van der Waals surface area (Å²) in [5.41, 5.74) is 1.91. The fourth-order valence-electron chi connectivity index (χ4n) is 2.32. The van der Waals surface area contributed by atoms with Gasteiger partial charge in [0.05, 0.1) is 10.9 Å². The molecule has 1 unspecified atom stereocenters. The first-order valence-corrected chi connectivity index (χ1v) is 6.63. The fraction of sp³-hybridized carbons (Fsp3) is 0.500. The van der Waals surface area contributed by atoms with Crippen molar-refractivity contribution in [2.75, 3.05) is 6.79 Å². The zero-order valence-electron chi connectivity index (χ0n) is 11.2. The lowest BCUT2D eigenvalue weighted by molar-refractivity contribution is -0.141. The standard InChI is InChI=1S/C14H17ClO4/c1-7(2)11-9(4-8(3)14(16)17)5-10(15)12-13(11)19-6-18-12/h5,7-8H,4,6H2,1-3H3,(H,16,17). The van der Waals surface area contributed by atoms with Crippen LogP contribution >= 0.6 is 11.6 Å². The minimum Gasteiger partial charge on any atom is -0.481 e. The van der Waals surface area contributed by atoms with Crippen molar-refractivity contribution >= 4 is 17.6 Å². The topological polar surface area (TPSA) is 55.8 Å². The number of fused-ring (bicyclic) bond motifs is 1. The van der Waals surface area contributed by atoms with Crippen LogP contribution in [0.25, 0.3) is 0 Å². The Kier molecular flexibility index (Phi) is 3.90. The molecule has 19 heavy (non-hydrogen) atoms. The second-order valence-electron chi connectivity index (χ2n) is 5.09. The molecular weight excluding hydrogens is 268 g/mol. The van der Waals surface area contributed by atoms with Gasteiger partial charge >= 0.3 is 5.97 Å². The SMILES string of the molecule is CC(Cc1cc(Cl)c2c(c1C(C)C)OCO2)C(=O)O. The summed E-state index contributed by atoms with van der Waals surface area (Å²) in [7, 11) is 0. The van der Waals surface area contributed by atoms with Gasteiger partial charge in [0.2, 0.25) is 6.79 Å². The maximum Gasteiger partial charge on any atom is 0.306 e. The van der Waals surface area contributed by atoms with Gasteiger partial charge in [0, 0.05) is 5.56 Å². The number of halogens is 1. The molecule has 0 spiro atoms. The summed E-state index contributed by atoms with van der Waals surface area (Å²) in [5, 5.41) is 9.52. The van der Waals surface area contributed by atoms with Crippen LogP contribution in [-0.2, 0) is 11.2 Å². The number of rotatable bonds is 4. The first-order valence-electron chi connectivity index (χ1n) is 6.25. The van der Waals surface area contributed by atoms with E-state index in [0.717, 1.165) is 11.1 Å². The molecular formula is C14H17ClO4. The molecule has 0 bridgehead atoms. The number of aliphatic carboxylic acids is 1. The molecule has 1 aliphatic heterocycles. The van der Waals surface area contributed by atoms with Gasteiger partial charge in [-0.15, -0.1) is 0 Å². The molecule has 0 saturated heterocycles. The highest BCUT2D eigenvalue weighted by molar-refractivity contribution is 6.32. The summed E-state index contributed by atoms with van der Waals surface area (Å²) in [6, 6.07) is 1.80. The van der Waals surface area contributed by atoms with Crippen LogP contribution in [0.5, 0.6) is 11.5 Å². The van der Waals surface area contributed by atoms with E-state index in [2.05, 4.69) is 0 Å². The first kappa shape index (κ1) is 14.0. The van der Waals surface area contributed by atoms with Crippen LogP contribution in [0, 0.1) is 5.92 Å². The molecule has 0 aromatic heterocycles.